The van der Waals surface area contributed by atoms with Gasteiger partial charge in [-0.3, -0.25) is 14.5 Å². The number of aromatic carboxylic acids is 1. The molecule has 0 saturated heterocycles. The number of carboxylic acids is 1. The number of sulfonamides is 1. The molecular weight excluding hydrogens is 363 g/mol. The third-order valence-electron chi connectivity index (χ3n) is 2.79. The van der Waals surface area contributed by atoms with Crippen LogP contribution in [-0.4, -0.2) is 41.8 Å². The molecule has 0 spiro atoms. The highest BCUT2D eigenvalue weighted by atomic mass is 32.2. The average molecular weight is 374 g/mol. The minimum atomic E-state index is -4.27. The Labute approximate surface area is 139 Å². The van der Waals surface area contributed by atoms with Gasteiger partial charge in [-0.05, 0) is 6.07 Å². The van der Waals surface area contributed by atoms with Crippen molar-refractivity contribution < 1.29 is 27.5 Å². The SMILES string of the molecule is NCC(=O)Cc1ncc(S(=O)(=O)Nc2scnc2C(=O)O)cc1F. The van der Waals surface area contributed by atoms with Crippen molar-refractivity contribution in [2.75, 3.05) is 11.3 Å². The van der Waals surface area contributed by atoms with Crippen LogP contribution in [0.2, 0.25) is 0 Å². The van der Waals surface area contributed by atoms with Gasteiger partial charge in [0.15, 0.2) is 11.5 Å². The van der Waals surface area contributed by atoms with E-state index in [1.54, 1.807) is 0 Å². The Balaban J connectivity index is 2.29. The molecule has 2 aromatic heterocycles. The van der Waals surface area contributed by atoms with Crippen LogP contribution in [0.5, 0.6) is 0 Å². The van der Waals surface area contributed by atoms with Crippen molar-refractivity contribution in [3.63, 3.8) is 0 Å². The van der Waals surface area contributed by atoms with Crippen molar-refractivity contribution in [3.8, 4) is 0 Å². The molecule has 0 aromatic carbocycles. The predicted molar refractivity (Wildman–Crippen MR) is 81.8 cm³/mol. The standard InChI is InChI=1S/C12H11FN4O5S2/c13-8-2-7(4-15-9(8)1-6(18)3-14)24(21,22)17-11-10(12(19)20)16-5-23-11/h2,4-5,17H,1,3,14H2,(H,19,20). The number of hydrogen-bond donors (Lipinski definition) is 3. The number of rotatable bonds is 7. The maximum atomic E-state index is 13.9. The molecule has 2 heterocycles. The largest absolute Gasteiger partial charge is 0.476 e. The maximum absolute atomic E-state index is 13.9. The lowest BCUT2D eigenvalue weighted by molar-refractivity contribution is -0.117. The van der Waals surface area contributed by atoms with Crippen molar-refractivity contribution in [1.82, 2.24) is 9.97 Å². The predicted octanol–water partition coefficient (Wildman–Crippen LogP) is 0.246. The van der Waals surface area contributed by atoms with Crippen LogP contribution < -0.4 is 10.5 Å². The van der Waals surface area contributed by atoms with Crippen molar-refractivity contribution in [1.29, 1.82) is 0 Å². The molecule has 0 aliphatic carbocycles. The summed E-state index contributed by atoms with van der Waals surface area (Å²) in [6, 6.07) is 0.690. The topological polar surface area (TPSA) is 152 Å². The second-order valence-corrected chi connectivity index (χ2v) is 7.00. The molecule has 24 heavy (non-hydrogen) atoms. The molecule has 12 heteroatoms. The number of nitrogens with zero attached hydrogens (tertiary/aromatic N) is 2. The average Bonchev–Trinajstić information content (AvgIpc) is 2.96. The van der Waals surface area contributed by atoms with Gasteiger partial charge in [0.2, 0.25) is 0 Å². The molecule has 0 atom stereocenters. The van der Waals surface area contributed by atoms with Gasteiger partial charge >= 0.3 is 5.97 Å². The minimum absolute atomic E-state index is 0.217. The summed E-state index contributed by atoms with van der Waals surface area (Å²) < 4.78 is 40.3. The Kier molecular flexibility index (Phi) is 5.21. The first-order chi connectivity index (χ1) is 11.2. The fourth-order valence-electron chi connectivity index (χ4n) is 1.64. The van der Waals surface area contributed by atoms with E-state index in [9.17, 15) is 22.4 Å². The van der Waals surface area contributed by atoms with E-state index in [0.717, 1.165) is 23.0 Å². The number of anilines is 1. The summed E-state index contributed by atoms with van der Waals surface area (Å²) in [6.45, 7) is -0.286. The number of aromatic nitrogens is 2. The summed E-state index contributed by atoms with van der Waals surface area (Å²) in [5, 5.41) is 8.69. The zero-order chi connectivity index (χ0) is 17.9. The number of carbonyl (C=O) groups is 2. The van der Waals surface area contributed by atoms with Crippen LogP contribution in [0.15, 0.2) is 22.7 Å². The highest BCUT2D eigenvalue weighted by molar-refractivity contribution is 7.93. The third kappa shape index (κ3) is 3.90. The fraction of sp³-hybridized carbons (Fsp3) is 0.167. The summed E-state index contributed by atoms with van der Waals surface area (Å²) in [6.07, 6.45) is 0.514. The zero-order valence-electron chi connectivity index (χ0n) is 11.9. The summed E-state index contributed by atoms with van der Waals surface area (Å²) in [5.41, 5.74) is 5.58. The Morgan fingerprint density at radius 3 is 2.67 bits per heavy atom. The molecule has 0 unspecified atom stereocenters. The van der Waals surface area contributed by atoms with Crippen LogP contribution >= 0.6 is 11.3 Å². The van der Waals surface area contributed by atoms with Gasteiger partial charge in [-0.25, -0.2) is 22.6 Å². The number of hydrogen-bond acceptors (Lipinski definition) is 8. The number of pyridine rings is 1. The molecule has 0 amide bonds. The Morgan fingerprint density at radius 2 is 2.08 bits per heavy atom. The maximum Gasteiger partial charge on any atom is 0.357 e. The van der Waals surface area contributed by atoms with Gasteiger partial charge in [0.25, 0.3) is 10.0 Å². The second-order valence-electron chi connectivity index (χ2n) is 4.46. The van der Waals surface area contributed by atoms with E-state index in [2.05, 4.69) is 9.97 Å². The minimum Gasteiger partial charge on any atom is -0.476 e. The van der Waals surface area contributed by atoms with Gasteiger partial charge in [0.05, 0.1) is 24.2 Å². The Hall–Kier alpha value is -2.44. The molecule has 0 aliphatic rings. The molecule has 4 N–H and O–H groups in total. The second kappa shape index (κ2) is 6.98. The highest BCUT2D eigenvalue weighted by Crippen LogP contribution is 2.24. The monoisotopic (exact) mass is 374 g/mol. The van der Waals surface area contributed by atoms with Crippen LogP contribution in [0.3, 0.4) is 0 Å². The van der Waals surface area contributed by atoms with Crippen molar-refractivity contribution in [2.24, 2.45) is 5.73 Å². The lowest BCUT2D eigenvalue weighted by atomic mass is 10.2. The normalized spacial score (nSPS) is 11.2. The third-order valence-corrected chi connectivity index (χ3v) is 4.98. The molecule has 0 aliphatic heterocycles. The van der Waals surface area contributed by atoms with Gasteiger partial charge in [-0.2, -0.15) is 0 Å². The lowest BCUT2D eigenvalue weighted by Crippen LogP contribution is -2.18. The zero-order valence-corrected chi connectivity index (χ0v) is 13.5. The number of ketones is 1. The van der Waals surface area contributed by atoms with Gasteiger partial charge in [-0.15, -0.1) is 11.3 Å². The van der Waals surface area contributed by atoms with Gasteiger partial charge in [0, 0.05) is 6.20 Å². The van der Waals surface area contributed by atoms with Crippen molar-refractivity contribution >= 4 is 38.1 Å². The molecule has 2 aromatic rings. The van der Waals surface area contributed by atoms with Crippen LogP contribution in [0, 0.1) is 5.82 Å². The summed E-state index contributed by atoms with van der Waals surface area (Å²) in [7, 11) is -4.27. The molecular formula is C12H11FN4O5S2. The number of halogens is 1. The van der Waals surface area contributed by atoms with E-state index in [0.29, 0.717) is 6.07 Å². The first-order valence-electron chi connectivity index (χ1n) is 6.30. The number of thiazole rings is 1. The molecule has 0 radical (unpaired) electrons. The summed E-state index contributed by atoms with van der Waals surface area (Å²) >= 11 is 0.763. The molecule has 2 rings (SSSR count). The number of carbonyl (C=O) groups excluding carboxylic acids is 1. The van der Waals surface area contributed by atoms with Gasteiger partial charge in [-0.1, -0.05) is 0 Å². The quantitative estimate of drug-likeness (QED) is 0.623. The number of Topliss-reactive ketones (excluding diaryl/α,β-unsaturated/α-hetero) is 1. The number of carboxylic acid groups (broad SMARTS) is 1. The van der Waals surface area contributed by atoms with E-state index in [1.807, 2.05) is 4.72 Å². The van der Waals surface area contributed by atoms with E-state index >= 15 is 0 Å². The van der Waals surface area contributed by atoms with Crippen molar-refractivity contribution in [3.05, 3.63) is 35.0 Å². The summed E-state index contributed by atoms with van der Waals surface area (Å²) in [5.74, 6) is -2.85. The van der Waals surface area contributed by atoms with Crippen molar-refractivity contribution in [2.45, 2.75) is 11.3 Å². The Morgan fingerprint density at radius 1 is 1.38 bits per heavy atom. The highest BCUT2D eigenvalue weighted by Gasteiger charge is 2.22. The van der Waals surface area contributed by atoms with Crippen LogP contribution in [0.25, 0.3) is 0 Å². The Bertz CT molecular complexity index is 897. The van der Waals surface area contributed by atoms with E-state index in [1.165, 1.54) is 0 Å². The molecule has 0 saturated carbocycles. The molecule has 0 fully saturated rings. The smallest absolute Gasteiger partial charge is 0.357 e. The van der Waals surface area contributed by atoms with E-state index in [4.69, 9.17) is 10.8 Å². The first-order valence-corrected chi connectivity index (χ1v) is 8.66. The number of nitrogens with two attached hydrogens (primary N) is 1. The van der Waals surface area contributed by atoms with Gasteiger partial charge < -0.3 is 10.8 Å². The van der Waals surface area contributed by atoms with E-state index in [-0.39, 0.29) is 23.7 Å². The lowest BCUT2D eigenvalue weighted by Gasteiger charge is -2.08. The first kappa shape index (κ1) is 17.9. The van der Waals surface area contributed by atoms with Crippen LogP contribution in [0.1, 0.15) is 16.2 Å². The number of nitrogens with one attached hydrogen (secondary N) is 1. The van der Waals surface area contributed by atoms with Crippen LogP contribution in [-0.2, 0) is 21.2 Å². The fourth-order valence-corrected chi connectivity index (χ4v) is 3.58. The van der Waals surface area contributed by atoms with Gasteiger partial charge in [0.1, 0.15) is 15.7 Å². The molecule has 9 nitrogen and oxygen atoms in total. The molecule has 0 bridgehead atoms. The van der Waals surface area contributed by atoms with Crippen LogP contribution in [0.4, 0.5) is 9.39 Å². The van der Waals surface area contributed by atoms with E-state index < -0.39 is 38.2 Å². The molecule has 128 valence electrons. The summed E-state index contributed by atoms with van der Waals surface area (Å²) in [4.78, 5) is 28.8.